The van der Waals surface area contributed by atoms with Gasteiger partial charge in [-0.3, -0.25) is 9.88 Å². The smallest absolute Gasteiger partial charge is 0.317 e. The molecular formula is C20H28N4O. The standard InChI is InChI=1S/C20H28N4O/c1-4-24(5-2)19(18-9-7-6-8-10-18)15-22-20(25)23(3)16-17-11-13-21-14-12-17/h6-14,19H,4-5,15-16H2,1-3H3,(H,22,25). The molecule has 0 saturated carbocycles. The second-order valence-electron chi connectivity index (χ2n) is 6.05. The molecule has 2 aromatic rings. The summed E-state index contributed by atoms with van der Waals surface area (Å²) >= 11 is 0. The van der Waals surface area contributed by atoms with Gasteiger partial charge in [0.15, 0.2) is 0 Å². The molecule has 5 nitrogen and oxygen atoms in total. The van der Waals surface area contributed by atoms with E-state index in [4.69, 9.17) is 0 Å². The Balaban J connectivity index is 1.98. The van der Waals surface area contributed by atoms with E-state index in [1.807, 2.05) is 37.4 Å². The Labute approximate surface area is 150 Å². The summed E-state index contributed by atoms with van der Waals surface area (Å²) in [5.41, 5.74) is 2.29. The maximum Gasteiger partial charge on any atom is 0.317 e. The fourth-order valence-electron chi connectivity index (χ4n) is 2.95. The molecule has 2 amide bonds. The predicted octanol–water partition coefficient (Wildman–Crippen LogP) is 3.31. The van der Waals surface area contributed by atoms with Gasteiger partial charge in [-0.25, -0.2) is 4.79 Å². The minimum absolute atomic E-state index is 0.0649. The molecule has 1 aromatic carbocycles. The SMILES string of the molecule is CCN(CC)C(CNC(=O)N(C)Cc1ccncc1)c1ccccc1. The summed E-state index contributed by atoms with van der Waals surface area (Å²) in [5.74, 6) is 0. The Morgan fingerprint density at radius 3 is 2.32 bits per heavy atom. The van der Waals surface area contributed by atoms with Crippen molar-refractivity contribution in [3.63, 3.8) is 0 Å². The molecule has 134 valence electrons. The van der Waals surface area contributed by atoms with Gasteiger partial charge in [-0.05, 0) is 36.3 Å². The molecule has 5 heteroatoms. The van der Waals surface area contributed by atoms with Crippen LogP contribution in [-0.2, 0) is 6.54 Å². The fraction of sp³-hybridized carbons (Fsp3) is 0.400. The van der Waals surface area contributed by atoms with E-state index in [1.54, 1.807) is 17.3 Å². The molecular weight excluding hydrogens is 312 g/mol. The molecule has 25 heavy (non-hydrogen) atoms. The number of pyridine rings is 1. The van der Waals surface area contributed by atoms with Crippen LogP contribution in [0.2, 0.25) is 0 Å². The lowest BCUT2D eigenvalue weighted by molar-refractivity contribution is 0.188. The molecule has 0 fully saturated rings. The van der Waals surface area contributed by atoms with Gasteiger partial charge in [0.25, 0.3) is 0 Å². The van der Waals surface area contributed by atoms with E-state index in [2.05, 4.69) is 41.2 Å². The maximum atomic E-state index is 12.5. The number of urea groups is 1. The van der Waals surface area contributed by atoms with Crippen LogP contribution < -0.4 is 5.32 Å². The number of carbonyl (C=O) groups is 1. The molecule has 1 N–H and O–H groups in total. The lowest BCUT2D eigenvalue weighted by atomic mass is 10.1. The normalized spacial score (nSPS) is 12.0. The number of hydrogen-bond donors (Lipinski definition) is 1. The topological polar surface area (TPSA) is 48.5 Å². The molecule has 0 aliphatic heterocycles. The van der Waals surface area contributed by atoms with Crippen LogP contribution in [0, 0.1) is 0 Å². The lowest BCUT2D eigenvalue weighted by Gasteiger charge is -2.31. The number of rotatable bonds is 8. The van der Waals surface area contributed by atoms with Gasteiger partial charge in [0.05, 0.1) is 6.04 Å². The second-order valence-corrected chi connectivity index (χ2v) is 6.05. The van der Waals surface area contributed by atoms with Gasteiger partial charge in [-0.1, -0.05) is 44.2 Å². The third-order valence-electron chi connectivity index (χ3n) is 4.40. The van der Waals surface area contributed by atoms with Crippen molar-refractivity contribution in [3.8, 4) is 0 Å². The van der Waals surface area contributed by atoms with Crippen LogP contribution in [0.15, 0.2) is 54.9 Å². The van der Waals surface area contributed by atoms with Gasteiger partial charge in [0, 0.05) is 32.5 Å². The summed E-state index contributed by atoms with van der Waals surface area (Å²) < 4.78 is 0. The number of nitrogens with one attached hydrogen (secondary N) is 1. The average Bonchev–Trinajstić information content (AvgIpc) is 2.66. The second kappa shape index (κ2) is 9.79. The van der Waals surface area contributed by atoms with Crippen molar-refractivity contribution < 1.29 is 4.79 Å². The third kappa shape index (κ3) is 5.57. The van der Waals surface area contributed by atoms with Gasteiger partial charge < -0.3 is 10.2 Å². The van der Waals surface area contributed by atoms with Crippen LogP contribution in [0.25, 0.3) is 0 Å². The van der Waals surface area contributed by atoms with Crippen molar-refractivity contribution in [2.45, 2.75) is 26.4 Å². The van der Waals surface area contributed by atoms with E-state index in [-0.39, 0.29) is 12.1 Å². The molecule has 0 spiro atoms. The van der Waals surface area contributed by atoms with E-state index < -0.39 is 0 Å². The summed E-state index contributed by atoms with van der Waals surface area (Å²) in [6.45, 7) is 7.34. The number of carbonyl (C=O) groups excluding carboxylic acids is 1. The van der Waals surface area contributed by atoms with Crippen molar-refractivity contribution in [1.82, 2.24) is 20.1 Å². The molecule has 0 aliphatic rings. The number of likely N-dealkylation sites (N-methyl/N-ethyl adjacent to an activating group) is 1. The van der Waals surface area contributed by atoms with E-state index in [0.29, 0.717) is 13.1 Å². The number of benzene rings is 1. The van der Waals surface area contributed by atoms with Crippen LogP contribution >= 0.6 is 0 Å². The zero-order chi connectivity index (χ0) is 18.1. The van der Waals surface area contributed by atoms with Crippen molar-refractivity contribution in [2.24, 2.45) is 0 Å². The number of aromatic nitrogens is 1. The highest BCUT2D eigenvalue weighted by molar-refractivity contribution is 5.73. The summed E-state index contributed by atoms with van der Waals surface area (Å²) in [5, 5.41) is 3.08. The van der Waals surface area contributed by atoms with Gasteiger partial charge in [0.1, 0.15) is 0 Å². The summed E-state index contributed by atoms with van der Waals surface area (Å²) in [7, 11) is 1.81. The summed E-state index contributed by atoms with van der Waals surface area (Å²) in [6, 6.07) is 14.3. The molecule has 0 bridgehead atoms. The number of amides is 2. The first-order valence-electron chi connectivity index (χ1n) is 8.82. The minimum atomic E-state index is -0.0649. The molecule has 1 heterocycles. The third-order valence-corrected chi connectivity index (χ3v) is 4.40. The zero-order valence-electron chi connectivity index (χ0n) is 15.4. The Bertz CT molecular complexity index is 629. The van der Waals surface area contributed by atoms with E-state index in [9.17, 15) is 4.79 Å². The maximum absolute atomic E-state index is 12.5. The molecule has 1 atom stereocenters. The Morgan fingerprint density at radius 2 is 1.72 bits per heavy atom. The summed E-state index contributed by atoms with van der Waals surface area (Å²) in [4.78, 5) is 20.5. The largest absolute Gasteiger partial charge is 0.336 e. The Morgan fingerprint density at radius 1 is 1.08 bits per heavy atom. The zero-order valence-corrected chi connectivity index (χ0v) is 15.4. The van der Waals surface area contributed by atoms with Crippen LogP contribution in [-0.4, -0.2) is 47.5 Å². The van der Waals surface area contributed by atoms with Crippen LogP contribution in [0.1, 0.15) is 31.0 Å². The first-order chi connectivity index (χ1) is 12.2. The van der Waals surface area contributed by atoms with E-state index in [0.717, 1.165) is 18.7 Å². The van der Waals surface area contributed by atoms with Crippen LogP contribution in [0.4, 0.5) is 4.79 Å². The van der Waals surface area contributed by atoms with Gasteiger partial charge >= 0.3 is 6.03 Å². The average molecular weight is 340 g/mol. The number of hydrogen-bond acceptors (Lipinski definition) is 3. The van der Waals surface area contributed by atoms with Gasteiger partial charge in [-0.15, -0.1) is 0 Å². The van der Waals surface area contributed by atoms with E-state index in [1.165, 1.54) is 5.56 Å². The molecule has 0 aliphatic carbocycles. The Kier molecular flexibility index (Phi) is 7.41. The highest BCUT2D eigenvalue weighted by Gasteiger charge is 2.19. The van der Waals surface area contributed by atoms with Crippen molar-refractivity contribution in [3.05, 3.63) is 66.0 Å². The fourth-order valence-corrected chi connectivity index (χ4v) is 2.95. The highest BCUT2D eigenvalue weighted by atomic mass is 16.2. The monoisotopic (exact) mass is 340 g/mol. The Hall–Kier alpha value is -2.40. The van der Waals surface area contributed by atoms with Crippen molar-refractivity contribution >= 4 is 6.03 Å². The van der Waals surface area contributed by atoms with Gasteiger partial charge in [-0.2, -0.15) is 0 Å². The quantitative estimate of drug-likeness (QED) is 0.802. The highest BCUT2D eigenvalue weighted by Crippen LogP contribution is 2.19. The first kappa shape index (κ1) is 18.9. The van der Waals surface area contributed by atoms with Crippen LogP contribution in [0.5, 0.6) is 0 Å². The molecule has 1 aromatic heterocycles. The van der Waals surface area contributed by atoms with E-state index >= 15 is 0 Å². The lowest BCUT2D eigenvalue weighted by Crippen LogP contribution is -2.42. The van der Waals surface area contributed by atoms with Gasteiger partial charge in [0.2, 0.25) is 0 Å². The predicted molar refractivity (Wildman–Crippen MR) is 101 cm³/mol. The van der Waals surface area contributed by atoms with Crippen molar-refractivity contribution in [2.75, 3.05) is 26.7 Å². The molecule has 2 rings (SSSR count). The molecule has 1 unspecified atom stereocenters. The summed E-state index contributed by atoms with van der Waals surface area (Å²) in [6.07, 6.45) is 3.49. The molecule has 0 saturated heterocycles. The van der Waals surface area contributed by atoms with Crippen molar-refractivity contribution in [1.29, 1.82) is 0 Å². The number of nitrogens with zero attached hydrogens (tertiary/aromatic N) is 3. The minimum Gasteiger partial charge on any atom is -0.336 e. The molecule has 0 radical (unpaired) electrons. The first-order valence-corrected chi connectivity index (χ1v) is 8.82. The van der Waals surface area contributed by atoms with Crippen LogP contribution in [0.3, 0.4) is 0 Å².